The van der Waals surface area contributed by atoms with Crippen LogP contribution in [0.2, 0.25) is 0 Å². The van der Waals surface area contributed by atoms with Crippen molar-refractivity contribution < 1.29 is 9.59 Å². The Morgan fingerprint density at radius 3 is 2.57 bits per heavy atom. The van der Waals surface area contributed by atoms with Crippen LogP contribution < -0.4 is 21.3 Å². The van der Waals surface area contributed by atoms with Gasteiger partial charge in [-0.3, -0.25) is 19.8 Å². The lowest BCUT2D eigenvalue weighted by atomic mass is 9.75. The van der Waals surface area contributed by atoms with Crippen molar-refractivity contribution in [2.75, 3.05) is 49.2 Å². The van der Waals surface area contributed by atoms with Crippen molar-refractivity contribution >= 4 is 34.8 Å². The van der Waals surface area contributed by atoms with E-state index in [0.29, 0.717) is 29.8 Å². The number of amides is 2. The minimum Gasteiger partial charge on any atom is -0.385 e. The molecule has 1 atom stereocenters. The van der Waals surface area contributed by atoms with Crippen LogP contribution in [0.1, 0.15) is 42.7 Å². The van der Waals surface area contributed by atoms with Gasteiger partial charge < -0.3 is 21.4 Å². The number of hydrogen-bond acceptors (Lipinski definition) is 9. The van der Waals surface area contributed by atoms with Crippen LogP contribution in [0.15, 0.2) is 30.6 Å². The van der Waals surface area contributed by atoms with Crippen molar-refractivity contribution in [1.82, 2.24) is 20.2 Å². The molecule has 2 amide bonds. The van der Waals surface area contributed by atoms with Gasteiger partial charge in [0.25, 0.3) is 0 Å². The van der Waals surface area contributed by atoms with E-state index in [4.69, 9.17) is 11.1 Å². The number of piperidine rings is 1. The number of nitrogens with two attached hydrogens (primary N) is 1. The zero-order valence-electron chi connectivity index (χ0n) is 20.0. The van der Waals surface area contributed by atoms with Gasteiger partial charge in [0.05, 0.1) is 17.3 Å². The molecular weight excluding hydrogens is 444 g/mol. The van der Waals surface area contributed by atoms with Gasteiger partial charge in [0.15, 0.2) is 5.82 Å². The molecule has 0 bridgehead atoms. The number of anilines is 3. The zero-order chi connectivity index (χ0) is 24.5. The predicted molar refractivity (Wildman–Crippen MR) is 135 cm³/mol. The van der Waals surface area contributed by atoms with E-state index in [1.165, 1.54) is 5.56 Å². The standard InChI is InChI=1S/C25H32N8O2/c1-28-23-18(22(27)19-3-5-21(34)31-25(19)35)6-7-29-24(23)33-10-8-32(9-11-33)17-12-16(13-17)15-2-4-20(26)30-14-15/h2,4,6-7,14,16-17,19,27-28H,3,5,8-13H2,1H3,(H2,26,30)(H,31,34,35). The zero-order valence-corrected chi connectivity index (χ0v) is 20.0. The molecule has 0 spiro atoms. The molecule has 3 fully saturated rings. The number of carbonyl (C=O) groups is 2. The Hall–Kier alpha value is -3.53. The lowest BCUT2D eigenvalue weighted by Gasteiger charge is -2.47. The highest BCUT2D eigenvalue weighted by Crippen LogP contribution is 2.40. The summed E-state index contributed by atoms with van der Waals surface area (Å²) in [5.41, 5.74) is 8.62. The molecule has 1 saturated carbocycles. The molecule has 4 heterocycles. The Morgan fingerprint density at radius 2 is 1.91 bits per heavy atom. The van der Waals surface area contributed by atoms with Crippen LogP contribution >= 0.6 is 0 Å². The van der Waals surface area contributed by atoms with Gasteiger partial charge in [-0.15, -0.1) is 0 Å². The van der Waals surface area contributed by atoms with Gasteiger partial charge in [0.2, 0.25) is 11.8 Å². The normalized spacial score (nSPS) is 25.1. The fourth-order valence-corrected chi connectivity index (χ4v) is 5.43. The summed E-state index contributed by atoms with van der Waals surface area (Å²) >= 11 is 0. The van der Waals surface area contributed by atoms with Crippen molar-refractivity contribution in [1.29, 1.82) is 5.41 Å². The Bertz CT molecular complexity index is 1120. The molecule has 3 aliphatic rings. The molecule has 5 rings (SSSR count). The van der Waals surface area contributed by atoms with E-state index < -0.39 is 11.8 Å². The van der Waals surface area contributed by atoms with Crippen LogP contribution in [0.3, 0.4) is 0 Å². The molecule has 2 aliphatic heterocycles. The van der Waals surface area contributed by atoms with Crippen molar-refractivity contribution in [2.45, 2.75) is 37.6 Å². The molecular formula is C25H32N8O2. The summed E-state index contributed by atoms with van der Waals surface area (Å²) in [6, 6.07) is 6.33. The van der Waals surface area contributed by atoms with E-state index in [1.807, 2.05) is 19.3 Å². The molecule has 5 N–H and O–H groups in total. The third kappa shape index (κ3) is 4.58. The highest BCUT2D eigenvalue weighted by molar-refractivity contribution is 6.18. The molecule has 184 valence electrons. The molecule has 2 aromatic heterocycles. The lowest BCUT2D eigenvalue weighted by Crippen LogP contribution is -2.54. The van der Waals surface area contributed by atoms with E-state index in [-0.39, 0.29) is 18.0 Å². The van der Waals surface area contributed by atoms with Gasteiger partial charge in [-0.1, -0.05) is 6.07 Å². The Balaban J connectivity index is 1.22. The second-order valence-corrected chi connectivity index (χ2v) is 9.59. The van der Waals surface area contributed by atoms with Crippen LogP contribution in [0, 0.1) is 11.3 Å². The number of pyridine rings is 2. The SMILES string of the molecule is CNc1c(C(=N)C2CCC(=O)NC2=O)ccnc1N1CCN(C2CC(c3ccc(N)nc3)C2)CC1. The summed E-state index contributed by atoms with van der Waals surface area (Å²) in [5, 5.41) is 14.3. The second-order valence-electron chi connectivity index (χ2n) is 9.59. The van der Waals surface area contributed by atoms with Crippen LogP contribution in [0.5, 0.6) is 0 Å². The number of piperazine rings is 1. The summed E-state index contributed by atoms with van der Waals surface area (Å²) in [6.45, 7) is 3.61. The Kier molecular flexibility index (Phi) is 6.38. The minimum atomic E-state index is -0.630. The summed E-state index contributed by atoms with van der Waals surface area (Å²) in [6.07, 6.45) is 6.50. The molecule has 1 unspecified atom stereocenters. The van der Waals surface area contributed by atoms with E-state index in [1.54, 1.807) is 12.3 Å². The third-order valence-electron chi connectivity index (χ3n) is 7.58. The van der Waals surface area contributed by atoms with Gasteiger partial charge in [0.1, 0.15) is 5.82 Å². The van der Waals surface area contributed by atoms with E-state index in [0.717, 1.165) is 50.5 Å². The average molecular weight is 477 g/mol. The van der Waals surface area contributed by atoms with Crippen molar-refractivity contribution in [2.24, 2.45) is 5.92 Å². The number of nitrogen functional groups attached to an aromatic ring is 1. The van der Waals surface area contributed by atoms with Crippen LogP contribution in [-0.4, -0.2) is 71.7 Å². The van der Waals surface area contributed by atoms with Crippen LogP contribution in [0.4, 0.5) is 17.3 Å². The van der Waals surface area contributed by atoms with E-state index in [2.05, 4.69) is 36.5 Å². The van der Waals surface area contributed by atoms with Crippen molar-refractivity contribution in [3.8, 4) is 0 Å². The van der Waals surface area contributed by atoms with Gasteiger partial charge >= 0.3 is 0 Å². The lowest BCUT2D eigenvalue weighted by molar-refractivity contribution is -0.134. The van der Waals surface area contributed by atoms with Gasteiger partial charge in [-0.2, -0.15) is 0 Å². The van der Waals surface area contributed by atoms with Gasteiger partial charge in [-0.05, 0) is 42.9 Å². The number of aromatic nitrogens is 2. The fraction of sp³-hybridized carbons (Fsp3) is 0.480. The molecule has 10 heteroatoms. The molecule has 10 nitrogen and oxygen atoms in total. The first-order valence-corrected chi connectivity index (χ1v) is 12.2. The topological polar surface area (TPSA) is 140 Å². The maximum Gasteiger partial charge on any atom is 0.235 e. The minimum absolute atomic E-state index is 0.222. The molecule has 1 aliphatic carbocycles. The predicted octanol–water partition coefficient (Wildman–Crippen LogP) is 1.59. The van der Waals surface area contributed by atoms with Crippen molar-refractivity contribution in [3.63, 3.8) is 0 Å². The summed E-state index contributed by atoms with van der Waals surface area (Å²) < 4.78 is 0. The molecule has 0 aromatic carbocycles. The van der Waals surface area contributed by atoms with Crippen LogP contribution in [0.25, 0.3) is 0 Å². The maximum absolute atomic E-state index is 12.3. The molecule has 2 aromatic rings. The number of nitrogens with one attached hydrogen (secondary N) is 3. The Labute approximate surface area is 204 Å². The smallest absolute Gasteiger partial charge is 0.235 e. The molecule has 35 heavy (non-hydrogen) atoms. The molecule has 2 saturated heterocycles. The summed E-state index contributed by atoms with van der Waals surface area (Å²) in [4.78, 5) is 37.5. The molecule has 0 radical (unpaired) electrons. The third-order valence-corrected chi connectivity index (χ3v) is 7.58. The van der Waals surface area contributed by atoms with Crippen molar-refractivity contribution in [3.05, 3.63) is 41.7 Å². The highest BCUT2D eigenvalue weighted by Gasteiger charge is 2.37. The van der Waals surface area contributed by atoms with E-state index in [9.17, 15) is 9.59 Å². The number of imide groups is 1. The largest absolute Gasteiger partial charge is 0.385 e. The summed E-state index contributed by atoms with van der Waals surface area (Å²) in [5.74, 6) is 0.624. The second kappa shape index (κ2) is 9.61. The number of carbonyl (C=O) groups excluding carboxylic acids is 2. The first kappa shape index (κ1) is 23.2. The Morgan fingerprint density at radius 1 is 1.14 bits per heavy atom. The first-order valence-electron chi connectivity index (χ1n) is 12.2. The van der Waals surface area contributed by atoms with Gasteiger partial charge in [0, 0.05) is 63.6 Å². The quantitative estimate of drug-likeness (QED) is 0.364. The van der Waals surface area contributed by atoms with E-state index >= 15 is 0 Å². The summed E-state index contributed by atoms with van der Waals surface area (Å²) in [7, 11) is 1.82. The number of hydrogen-bond donors (Lipinski definition) is 4. The van der Waals surface area contributed by atoms with Gasteiger partial charge in [-0.25, -0.2) is 9.97 Å². The monoisotopic (exact) mass is 476 g/mol. The first-order chi connectivity index (χ1) is 16.9. The number of rotatable bonds is 6. The average Bonchev–Trinajstić information content (AvgIpc) is 2.84. The fourth-order valence-electron chi connectivity index (χ4n) is 5.43. The van der Waals surface area contributed by atoms with Crippen LogP contribution in [-0.2, 0) is 9.59 Å². The highest BCUT2D eigenvalue weighted by atomic mass is 16.2. The number of nitrogens with zero attached hydrogens (tertiary/aromatic N) is 4. The maximum atomic E-state index is 12.3.